The van der Waals surface area contributed by atoms with Crippen molar-refractivity contribution >= 4 is 22.0 Å². The molecule has 0 N–H and O–H groups in total. The lowest BCUT2D eigenvalue weighted by molar-refractivity contribution is 0.317. The van der Waals surface area contributed by atoms with Gasteiger partial charge < -0.3 is 9.26 Å². The zero-order valence-corrected chi connectivity index (χ0v) is 15.2. The van der Waals surface area contributed by atoms with Crippen LogP contribution in [0.1, 0.15) is 24.6 Å². The molecular weight excluding hydrogens is 330 g/mol. The highest BCUT2D eigenvalue weighted by Crippen LogP contribution is 2.25. The standard InChI is InChI=1S/C20H21N3O3/c1-4-8-25-15-7-5-6-14(9-15)12-23-18-10-16-13(2)21-26-19(16)11-17(18)22(3)20(23)24/h5-7,9-11H,4,8,12H2,1-3H3. The van der Waals surface area contributed by atoms with Gasteiger partial charge in [0.2, 0.25) is 0 Å². The smallest absolute Gasteiger partial charge is 0.329 e. The van der Waals surface area contributed by atoms with Gasteiger partial charge in [-0.1, -0.05) is 24.2 Å². The van der Waals surface area contributed by atoms with Crippen LogP contribution in [0.3, 0.4) is 0 Å². The van der Waals surface area contributed by atoms with Crippen LogP contribution < -0.4 is 10.4 Å². The average molecular weight is 351 g/mol. The summed E-state index contributed by atoms with van der Waals surface area (Å²) in [4.78, 5) is 12.8. The van der Waals surface area contributed by atoms with E-state index in [2.05, 4.69) is 12.1 Å². The Labute approximate surface area is 150 Å². The van der Waals surface area contributed by atoms with E-state index < -0.39 is 0 Å². The van der Waals surface area contributed by atoms with Crippen LogP contribution in [0.4, 0.5) is 0 Å². The molecule has 6 nitrogen and oxygen atoms in total. The van der Waals surface area contributed by atoms with Crippen molar-refractivity contribution in [2.45, 2.75) is 26.8 Å². The number of fused-ring (bicyclic) bond motifs is 2. The Morgan fingerprint density at radius 2 is 2.04 bits per heavy atom. The Hall–Kier alpha value is -3.02. The number of rotatable bonds is 5. The summed E-state index contributed by atoms with van der Waals surface area (Å²) in [6.45, 7) is 5.14. The highest BCUT2D eigenvalue weighted by atomic mass is 16.5. The summed E-state index contributed by atoms with van der Waals surface area (Å²) >= 11 is 0. The molecule has 4 rings (SSSR count). The molecule has 2 heterocycles. The van der Waals surface area contributed by atoms with Crippen LogP contribution in [0.15, 0.2) is 45.7 Å². The van der Waals surface area contributed by atoms with Crippen LogP contribution in [0.5, 0.6) is 5.75 Å². The second-order valence-corrected chi connectivity index (χ2v) is 6.53. The van der Waals surface area contributed by atoms with E-state index in [1.807, 2.05) is 43.3 Å². The number of hydrogen-bond donors (Lipinski definition) is 0. The van der Waals surface area contributed by atoms with Gasteiger partial charge in [-0.2, -0.15) is 0 Å². The van der Waals surface area contributed by atoms with Crippen LogP contribution >= 0.6 is 0 Å². The Bertz CT molecular complexity index is 1150. The quantitative estimate of drug-likeness (QED) is 0.551. The molecule has 0 unspecified atom stereocenters. The summed E-state index contributed by atoms with van der Waals surface area (Å²) < 4.78 is 14.5. The molecule has 0 saturated carbocycles. The zero-order valence-electron chi connectivity index (χ0n) is 15.2. The van der Waals surface area contributed by atoms with E-state index in [1.54, 1.807) is 16.2 Å². The van der Waals surface area contributed by atoms with Gasteiger partial charge in [-0.15, -0.1) is 0 Å². The van der Waals surface area contributed by atoms with Crippen molar-refractivity contribution in [3.63, 3.8) is 0 Å². The summed E-state index contributed by atoms with van der Waals surface area (Å²) in [6.07, 6.45) is 0.959. The summed E-state index contributed by atoms with van der Waals surface area (Å²) in [6, 6.07) is 11.8. The first-order valence-electron chi connectivity index (χ1n) is 8.75. The first-order chi connectivity index (χ1) is 12.6. The predicted molar refractivity (Wildman–Crippen MR) is 101 cm³/mol. The van der Waals surface area contributed by atoms with Crippen molar-refractivity contribution in [3.8, 4) is 5.75 Å². The number of aromatic nitrogens is 3. The highest BCUT2D eigenvalue weighted by molar-refractivity contribution is 5.93. The maximum atomic E-state index is 12.8. The molecule has 2 aromatic carbocycles. The molecule has 0 saturated heterocycles. The Balaban J connectivity index is 1.81. The van der Waals surface area contributed by atoms with Crippen molar-refractivity contribution < 1.29 is 9.26 Å². The summed E-state index contributed by atoms with van der Waals surface area (Å²) in [5.74, 6) is 0.829. The lowest BCUT2D eigenvalue weighted by Crippen LogP contribution is -2.22. The highest BCUT2D eigenvalue weighted by Gasteiger charge is 2.15. The largest absolute Gasteiger partial charge is 0.494 e. The summed E-state index contributed by atoms with van der Waals surface area (Å²) in [5, 5.41) is 4.94. The number of imidazole rings is 1. The van der Waals surface area contributed by atoms with E-state index in [0.717, 1.165) is 39.8 Å². The average Bonchev–Trinajstić information content (AvgIpc) is 3.12. The fourth-order valence-corrected chi connectivity index (χ4v) is 3.24. The van der Waals surface area contributed by atoms with E-state index in [-0.39, 0.29) is 5.69 Å². The topological polar surface area (TPSA) is 62.2 Å². The minimum Gasteiger partial charge on any atom is -0.494 e. The van der Waals surface area contributed by atoms with Crippen LogP contribution in [-0.2, 0) is 13.6 Å². The second-order valence-electron chi connectivity index (χ2n) is 6.53. The van der Waals surface area contributed by atoms with Crippen molar-refractivity contribution in [1.82, 2.24) is 14.3 Å². The third-order valence-corrected chi connectivity index (χ3v) is 4.63. The summed E-state index contributed by atoms with van der Waals surface area (Å²) in [5.41, 5.74) is 4.18. The van der Waals surface area contributed by atoms with E-state index in [0.29, 0.717) is 18.7 Å². The normalized spacial score (nSPS) is 11.5. The third kappa shape index (κ3) is 2.67. The van der Waals surface area contributed by atoms with E-state index in [9.17, 15) is 4.79 Å². The zero-order chi connectivity index (χ0) is 18.3. The number of ether oxygens (including phenoxy) is 1. The maximum Gasteiger partial charge on any atom is 0.329 e. The molecule has 0 bridgehead atoms. The maximum absolute atomic E-state index is 12.8. The van der Waals surface area contributed by atoms with E-state index >= 15 is 0 Å². The van der Waals surface area contributed by atoms with Gasteiger partial charge in [0.25, 0.3) is 0 Å². The Kier molecular flexibility index (Phi) is 4.03. The molecule has 0 fully saturated rings. The van der Waals surface area contributed by atoms with Crippen LogP contribution in [0.2, 0.25) is 0 Å². The molecular formula is C20H21N3O3. The van der Waals surface area contributed by atoms with Crippen molar-refractivity contribution in [2.75, 3.05) is 6.61 Å². The predicted octanol–water partition coefficient (Wildman–Crippen LogP) is 3.63. The molecule has 2 aromatic heterocycles. The number of hydrogen-bond acceptors (Lipinski definition) is 4. The SMILES string of the molecule is CCCOc1cccc(Cn2c(=O)n(C)c3cc4onc(C)c4cc32)c1. The second kappa shape index (κ2) is 6.37. The van der Waals surface area contributed by atoms with E-state index in [1.165, 1.54) is 0 Å². The molecule has 0 atom stereocenters. The number of nitrogens with zero attached hydrogens (tertiary/aromatic N) is 3. The van der Waals surface area contributed by atoms with Gasteiger partial charge in [-0.25, -0.2) is 4.79 Å². The molecule has 0 aliphatic rings. The fraction of sp³-hybridized carbons (Fsp3) is 0.300. The van der Waals surface area contributed by atoms with Crippen LogP contribution in [-0.4, -0.2) is 20.9 Å². The molecule has 134 valence electrons. The van der Waals surface area contributed by atoms with E-state index in [4.69, 9.17) is 9.26 Å². The van der Waals surface area contributed by atoms with Gasteiger partial charge in [-0.05, 0) is 37.1 Å². The molecule has 0 aliphatic carbocycles. The van der Waals surface area contributed by atoms with Crippen LogP contribution in [0, 0.1) is 6.92 Å². The van der Waals surface area contributed by atoms with Gasteiger partial charge in [0, 0.05) is 18.5 Å². The number of aryl methyl sites for hydroxylation is 2. The Morgan fingerprint density at radius 3 is 2.85 bits per heavy atom. The van der Waals surface area contributed by atoms with Crippen molar-refractivity contribution in [3.05, 3.63) is 58.1 Å². The fourth-order valence-electron chi connectivity index (χ4n) is 3.24. The Morgan fingerprint density at radius 1 is 1.19 bits per heavy atom. The van der Waals surface area contributed by atoms with Crippen molar-refractivity contribution in [1.29, 1.82) is 0 Å². The molecule has 26 heavy (non-hydrogen) atoms. The lowest BCUT2D eigenvalue weighted by atomic mass is 10.2. The van der Waals surface area contributed by atoms with Gasteiger partial charge in [0.05, 0.1) is 29.9 Å². The molecule has 4 aromatic rings. The molecule has 0 amide bonds. The van der Waals surface area contributed by atoms with Gasteiger partial charge in [0.1, 0.15) is 5.75 Å². The first kappa shape index (κ1) is 16.4. The monoisotopic (exact) mass is 351 g/mol. The minimum absolute atomic E-state index is 0.0573. The van der Waals surface area contributed by atoms with Crippen LogP contribution in [0.25, 0.3) is 22.0 Å². The minimum atomic E-state index is -0.0573. The molecule has 6 heteroatoms. The summed E-state index contributed by atoms with van der Waals surface area (Å²) in [7, 11) is 1.77. The molecule has 0 spiro atoms. The lowest BCUT2D eigenvalue weighted by Gasteiger charge is -2.08. The number of benzene rings is 2. The van der Waals surface area contributed by atoms with Gasteiger partial charge >= 0.3 is 5.69 Å². The molecule has 0 radical (unpaired) electrons. The van der Waals surface area contributed by atoms with Gasteiger partial charge in [0.15, 0.2) is 5.58 Å². The van der Waals surface area contributed by atoms with Crippen molar-refractivity contribution in [2.24, 2.45) is 7.05 Å². The first-order valence-corrected chi connectivity index (χ1v) is 8.75. The van der Waals surface area contributed by atoms with Gasteiger partial charge in [-0.3, -0.25) is 9.13 Å². The molecule has 0 aliphatic heterocycles. The third-order valence-electron chi connectivity index (χ3n) is 4.63.